The van der Waals surface area contributed by atoms with Gasteiger partial charge < -0.3 is 19.1 Å². The molecule has 1 aromatic heterocycles. The molecule has 6 heteroatoms. The Labute approximate surface area is 128 Å². The Morgan fingerprint density at radius 1 is 1.27 bits per heavy atom. The number of benzene rings is 1. The first-order valence-electron chi connectivity index (χ1n) is 6.81. The number of nitrogens with zero attached hydrogens (tertiary/aromatic N) is 2. The van der Waals surface area contributed by atoms with E-state index in [-0.39, 0.29) is 12.7 Å². The number of amides is 1. The van der Waals surface area contributed by atoms with Crippen LogP contribution in [-0.4, -0.2) is 36.7 Å². The maximum atomic E-state index is 12.4. The Morgan fingerprint density at radius 3 is 2.82 bits per heavy atom. The fourth-order valence-corrected chi connectivity index (χ4v) is 2.23. The molecule has 1 aliphatic rings. The zero-order chi connectivity index (χ0) is 15.5. The second kappa shape index (κ2) is 5.93. The van der Waals surface area contributed by atoms with E-state index in [2.05, 4.69) is 4.98 Å². The summed E-state index contributed by atoms with van der Waals surface area (Å²) in [7, 11) is 3.28. The number of aromatic nitrogens is 1. The highest BCUT2D eigenvalue weighted by atomic mass is 16.7. The van der Waals surface area contributed by atoms with Crippen molar-refractivity contribution < 1.29 is 19.0 Å². The van der Waals surface area contributed by atoms with Gasteiger partial charge in [-0.05, 0) is 23.8 Å². The van der Waals surface area contributed by atoms with Crippen LogP contribution in [0.2, 0.25) is 0 Å². The lowest BCUT2D eigenvalue weighted by molar-refractivity contribution is 0.0784. The van der Waals surface area contributed by atoms with E-state index in [1.807, 2.05) is 18.2 Å². The third-order valence-electron chi connectivity index (χ3n) is 3.40. The summed E-state index contributed by atoms with van der Waals surface area (Å²) in [5, 5.41) is 0. The number of fused-ring (bicyclic) bond motifs is 1. The number of carbonyl (C=O) groups excluding carboxylic acids is 1. The Kier molecular flexibility index (Phi) is 3.82. The van der Waals surface area contributed by atoms with E-state index in [1.165, 1.54) is 13.3 Å². The highest BCUT2D eigenvalue weighted by Gasteiger charge is 2.16. The van der Waals surface area contributed by atoms with Gasteiger partial charge in [0.15, 0.2) is 11.5 Å². The van der Waals surface area contributed by atoms with Gasteiger partial charge in [0.2, 0.25) is 12.7 Å². The lowest BCUT2D eigenvalue weighted by atomic mass is 10.1. The first-order valence-corrected chi connectivity index (χ1v) is 6.81. The van der Waals surface area contributed by atoms with Gasteiger partial charge in [-0.15, -0.1) is 0 Å². The van der Waals surface area contributed by atoms with E-state index in [0.717, 1.165) is 11.3 Å². The molecule has 0 aliphatic carbocycles. The molecule has 0 spiro atoms. The average molecular weight is 300 g/mol. The van der Waals surface area contributed by atoms with Crippen molar-refractivity contribution in [1.29, 1.82) is 0 Å². The van der Waals surface area contributed by atoms with Crippen molar-refractivity contribution in [3.63, 3.8) is 0 Å². The summed E-state index contributed by atoms with van der Waals surface area (Å²) in [6, 6.07) is 9.03. The highest BCUT2D eigenvalue weighted by Crippen LogP contribution is 2.32. The topological polar surface area (TPSA) is 60.9 Å². The van der Waals surface area contributed by atoms with Gasteiger partial charge in [-0.25, -0.2) is 4.98 Å². The summed E-state index contributed by atoms with van der Waals surface area (Å²) in [6.45, 7) is 0.715. The van der Waals surface area contributed by atoms with Crippen LogP contribution in [0.4, 0.5) is 0 Å². The first-order chi connectivity index (χ1) is 10.7. The van der Waals surface area contributed by atoms with E-state index >= 15 is 0 Å². The molecule has 0 fully saturated rings. The second-order valence-corrected chi connectivity index (χ2v) is 4.94. The van der Waals surface area contributed by atoms with Gasteiger partial charge in [0, 0.05) is 25.9 Å². The van der Waals surface area contributed by atoms with Crippen molar-refractivity contribution in [1.82, 2.24) is 9.88 Å². The molecule has 3 rings (SSSR count). The maximum Gasteiger partial charge on any atom is 0.255 e. The summed E-state index contributed by atoms with van der Waals surface area (Å²) < 4.78 is 15.6. The summed E-state index contributed by atoms with van der Waals surface area (Å²) >= 11 is 0. The van der Waals surface area contributed by atoms with Crippen LogP contribution in [0.3, 0.4) is 0 Å². The van der Waals surface area contributed by atoms with Crippen molar-refractivity contribution in [2.75, 3.05) is 21.0 Å². The lowest BCUT2D eigenvalue weighted by Crippen LogP contribution is -2.26. The molecule has 0 radical (unpaired) electrons. The van der Waals surface area contributed by atoms with Crippen LogP contribution in [0.15, 0.2) is 36.5 Å². The molecule has 6 nitrogen and oxygen atoms in total. The minimum atomic E-state index is -0.104. The molecule has 1 amide bonds. The fourth-order valence-electron chi connectivity index (χ4n) is 2.23. The normalized spacial score (nSPS) is 12.1. The van der Waals surface area contributed by atoms with Crippen LogP contribution in [0.25, 0.3) is 0 Å². The Hall–Kier alpha value is -2.76. The zero-order valence-electron chi connectivity index (χ0n) is 12.4. The number of hydrogen-bond acceptors (Lipinski definition) is 5. The van der Waals surface area contributed by atoms with Crippen molar-refractivity contribution in [2.24, 2.45) is 0 Å². The summed E-state index contributed by atoms with van der Waals surface area (Å²) in [6.07, 6.45) is 1.51. The maximum absolute atomic E-state index is 12.4. The first kappa shape index (κ1) is 14.2. The van der Waals surface area contributed by atoms with E-state index in [0.29, 0.717) is 23.7 Å². The molecular formula is C16H16N2O4. The van der Waals surface area contributed by atoms with Gasteiger partial charge in [0.1, 0.15) is 0 Å². The largest absolute Gasteiger partial charge is 0.481 e. The predicted octanol–water partition coefficient (Wildman–Crippen LogP) is 2.09. The zero-order valence-corrected chi connectivity index (χ0v) is 12.4. The van der Waals surface area contributed by atoms with Crippen molar-refractivity contribution in [3.8, 4) is 17.4 Å². The number of rotatable bonds is 4. The van der Waals surface area contributed by atoms with Gasteiger partial charge in [0.05, 0.1) is 12.7 Å². The van der Waals surface area contributed by atoms with Gasteiger partial charge in [-0.2, -0.15) is 0 Å². The predicted molar refractivity (Wildman–Crippen MR) is 79.2 cm³/mol. The van der Waals surface area contributed by atoms with Crippen molar-refractivity contribution >= 4 is 5.91 Å². The molecule has 22 heavy (non-hydrogen) atoms. The summed E-state index contributed by atoms with van der Waals surface area (Å²) in [5.41, 5.74) is 1.49. The molecule has 114 valence electrons. The number of hydrogen-bond donors (Lipinski definition) is 0. The molecule has 2 heterocycles. The minimum absolute atomic E-state index is 0.104. The van der Waals surface area contributed by atoms with Crippen LogP contribution in [0.5, 0.6) is 17.4 Å². The molecule has 0 saturated heterocycles. The van der Waals surface area contributed by atoms with E-state index in [1.54, 1.807) is 24.1 Å². The highest BCUT2D eigenvalue weighted by molar-refractivity contribution is 5.93. The smallest absolute Gasteiger partial charge is 0.255 e. The van der Waals surface area contributed by atoms with E-state index in [4.69, 9.17) is 14.2 Å². The van der Waals surface area contributed by atoms with Crippen LogP contribution >= 0.6 is 0 Å². The quantitative estimate of drug-likeness (QED) is 0.865. The third-order valence-corrected chi connectivity index (χ3v) is 3.40. The second-order valence-electron chi connectivity index (χ2n) is 4.94. The molecule has 0 atom stereocenters. The van der Waals surface area contributed by atoms with Crippen LogP contribution in [-0.2, 0) is 6.54 Å². The van der Waals surface area contributed by atoms with Crippen molar-refractivity contribution in [3.05, 3.63) is 47.7 Å². The third kappa shape index (κ3) is 2.81. The number of ether oxygens (including phenoxy) is 3. The van der Waals surface area contributed by atoms with Crippen molar-refractivity contribution in [2.45, 2.75) is 6.54 Å². The average Bonchev–Trinajstić information content (AvgIpc) is 3.02. The molecule has 2 aromatic rings. The van der Waals surface area contributed by atoms with Gasteiger partial charge in [-0.1, -0.05) is 6.07 Å². The Bertz CT molecular complexity index is 685. The summed E-state index contributed by atoms with van der Waals surface area (Å²) in [5.74, 6) is 1.82. The number of carbonyl (C=O) groups is 1. The summed E-state index contributed by atoms with van der Waals surface area (Å²) in [4.78, 5) is 18.0. The molecule has 0 unspecified atom stereocenters. The van der Waals surface area contributed by atoms with Gasteiger partial charge >= 0.3 is 0 Å². The Balaban J connectivity index is 1.70. The van der Waals surface area contributed by atoms with Crippen LogP contribution in [0, 0.1) is 0 Å². The lowest BCUT2D eigenvalue weighted by Gasteiger charge is -2.17. The van der Waals surface area contributed by atoms with Crippen LogP contribution in [0.1, 0.15) is 15.9 Å². The molecule has 0 bridgehead atoms. The van der Waals surface area contributed by atoms with Gasteiger partial charge in [-0.3, -0.25) is 4.79 Å². The van der Waals surface area contributed by atoms with E-state index in [9.17, 15) is 4.79 Å². The number of pyridine rings is 1. The monoisotopic (exact) mass is 300 g/mol. The standard InChI is InChI=1S/C16H16N2O4/c1-18(16(19)12-4-6-15(20-2)17-8-12)9-11-3-5-13-14(7-11)22-10-21-13/h3-8H,9-10H2,1-2H3. The Morgan fingerprint density at radius 2 is 2.09 bits per heavy atom. The van der Waals surface area contributed by atoms with Gasteiger partial charge in [0.25, 0.3) is 5.91 Å². The number of methoxy groups -OCH3 is 1. The van der Waals surface area contributed by atoms with E-state index < -0.39 is 0 Å². The molecule has 0 saturated carbocycles. The van der Waals surface area contributed by atoms with Crippen LogP contribution < -0.4 is 14.2 Å². The molecule has 0 N–H and O–H groups in total. The SMILES string of the molecule is COc1ccc(C(=O)N(C)Cc2ccc3c(c2)OCO3)cn1. The minimum Gasteiger partial charge on any atom is -0.481 e. The fraction of sp³-hybridized carbons (Fsp3) is 0.250. The molecule has 1 aliphatic heterocycles. The molecular weight excluding hydrogens is 284 g/mol. The molecule has 1 aromatic carbocycles.